The van der Waals surface area contributed by atoms with Crippen LogP contribution in [0.5, 0.6) is 0 Å². The highest BCUT2D eigenvalue weighted by atomic mass is 16.5. The smallest absolute Gasteiger partial charge is 0.275 e. The van der Waals surface area contributed by atoms with Gasteiger partial charge >= 0.3 is 0 Å². The molecule has 9 heteroatoms. The third kappa shape index (κ3) is 3.42. The molecule has 9 nitrogen and oxygen atoms in total. The van der Waals surface area contributed by atoms with Gasteiger partial charge in [-0.3, -0.25) is 14.5 Å². The summed E-state index contributed by atoms with van der Waals surface area (Å²) < 4.78 is 12.7. The molecule has 5 heterocycles. The van der Waals surface area contributed by atoms with Crippen molar-refractivity contribution in [1.82, 2.24) is 29.8 Å². The zero-order chi connectivity index (χ0) is 19.6. The maximum absolute atomic E-state index is 13.7. The second kappa shape index (κ2) is 7.75. The van der Waals surface area contributed by atoms with E-state index in [4.69, 9.17) is 9.26 Å². The standard InChI is InChI=1S/C20H22N6O3/c27-20(25-8-4-2-5-14(25)11-17-22-13-23-29-17)19-18(15-6-1-3-7-21-15)16-12-28-10-9-26(16)24-19/h1,3,6-7,13-14H,2,4-5,8-12H2/t14-/m0/s1. The summed E-state index contributed by atoms with van der Waals surface area (Å²) in [4.78, 5) is 24.2. The zero-order valence-electron chi connectivity index (χ0n) is 16.0. The molecule has 0 spiro atoms. The number of pyridine rings is 1. The van der Waals surface area contributed by atoms with Gasteiger partial charge in [0.25, 0.3) is 5.91 Å². The normalized spacial score (nSPS) is 19.2. The first-order chi connectivity index (χ1) is 14.3. The van der Waals surface area contributed by atoms with Gasteiger partial charge in [0.15, 0.2) is 12.0 Å². The summed E-state index contributed by atoms with van der Waals surface area (Å²) in [5.41, 5.74) is 2.87. The van der Waals surface area contributed by atoms with E-state index in [9.17, 15) is 4.79 Å². The molecule has 1 atom stereocenters. The predicted molar refractivity (Wildman–Crippen MR) is 102 cm³/mol. The van der Waals surface area contributed by atoms with E-state index in [1.807, 2.05) is 27.8 Å². The Labute approximate surface area is 167 Å². The van der Waals surface area contributed by atoms with Crippen molar-refractivity contribution in [3.63, 3.8) is 0 Å². The van der Waals surface area contributed by atoms with Gasteiger partial charge in [-0.25, -0.2) is 0 Å². The quantitative estimate of drug-likeness (QED) is 0.668. The van der Waals surface area contributed by atoms with Crippen LogP contribution in [0.1, 0.15) is 41.3 Å². The number of carbonyl (C=O) groups excluding carboxylic acids is 1. The number of carbonyl (C=O) groups is 1. The van der Waals surface area contributed by atoms with Crippen molar-refractivity contribution >= 4 is 5.91 Å². The van der Waals surface area contributed by atoms with Gasteiger partial charge in [0.05, 0.1) is 36.7 Å². The maximum Gasteiger partial charge on any atom is 0.275 e. The number of piperidine rings is 1. The van der Waals surface area contributed by atoms with Crippen LogP contribution in [0, 0.1) is 0 Å². The van der Waals surface area contributed by atoms with Gasteiger partial charge in [-0.2, -0.15) is 10.1 Å². The lowest BCUT2D eigenvalue weighted by Crippen LogP contribution is -2.45. The summed E-state index contributed by atoms with van der Waals surface area (Å²) in [7, 11) is 0. The zero-order valence-corrected chi connectivity index (χ0v) is 16.0. The Morgan fingerprint density at radius 2 is 2.17 bits per heavy atom. The molecule has 1 amide bonds. The number of fused-ring (bicyclic) bond motifs is 1. The Bertz CT molecular complexity index is 985. The molecule has 0 saturated carbocycles. The van der Waals surface area contributed by atoms with Crippen molar-refractivity contribution in [1.29, 1.82) is 0 Å². The van der Waals surface area contributed by atoms with E-state index in [1.54, 1.807) is 6.20 Å². The monoisotopic (exact) mass is 394 g/mol. The van der Waals surface area contributed by atoms with E-state index < -0.39 is 0 Å². The summed E-state index contributed by atoms with van der Waals surface area (Å²) in [6, 6.07) is 5.71. The first kappa shape index (κ1) is 18.0. The van der Waals surface area contributed by atoms with Crippen LogP contribution in [0.2, 0.25) is 0 Å². The number of likely N-dealkylation sites (tertiary alicyclic amines) is 1. The summed E-state index contributed by atoms with van der Waals surface area (Å²) >= 11 is 0. The number of nitrogens with zero attached hydrogens (tertiary/aromatic N) is 6. The number of ether oxygens (including phenoxy) is 1. The number of aromatic nitrogens is 5. The average Bonchev–Trinajstić information content (AvgIpc) is 3.42. The van der Waals surface area contributed by atoms with Gasteiger partial charge in [-0.15, -0.1) is 0 Å². The molecule has 150 valence electrons. The summed E-state index contributed by atoms with van der Waals surface area (Å²) in [5, 5.41) is 8.37. The fraction of sp³-hybridized carbons (Fsp3) is 0.450. The molecule has 1 saturated heterocycles. The van der Waals surface area contributed by atoms with Crippen molar-refractivity contribution in [3.8, 4) is 11.3 Å². The molecule has 3 aromatic rings. The second-order valence-electron chi connectivity index (χ2n) is 7.35. The minimum absolute atomic E-state index is 0.0169. The van der Waals surface area contributed by atoms with Crippen molar-refractivity contribution in [2.75, 3.05) is 13.2 Å². The molecular formula is C20H22N6O3. The molecule has 3 aromatic heterocycles. The van der Waals surface area contributed by atoms with Crippen LogP contribution in [0.15, 0.2) is 35.2 Å². The second-order valence-corrected chi connectivity index (χ2v) is 7.35. The fourth-order valence-electron chi connectivity index (χ4n) is 4.18. The first-order valence-corrected chi connectivity index (χ1v) is 9.96. The van der Waals surface area contributed by atoms with E-state index in [0.29, 0.717) is 44.3 Å². The SMILES string of the molecule is O=C(c1nn2c(c1-c1ccccn1)COCC2)N1CCCC[C@H]1Cc1ncno1. The topological polar surface area (TPSA) is 99.2 Å². The predicted octanol–water partition coefficient (Wildman–Crippen LogP) is 2.10. The van der Waals surface area contributed by atoms with Crippen LogP contribution in [-0.4, -0.2) is 54.9 Å². The van der Waals surface area contributed by atoms with Crippen LogP contribution in [0.4, 0.5) is 0 Å². The van der Waals surface area contributed by atoms with Crippen LogP contribution in [0.3, 0.4) is 0 Å². The van der Waals surface area contributed by atoms with Gasteiger partial charge in [-0.05, 0) is 31.4 Å². The maximum atomic E-state index is 13.7. The Balaban J connectivity index is 1.52. The lowest BCUT2D eigenvalue weighted by atomic mass is 9.98. The van der Waals surface area contributed by atoms with E-state index in [0.717, 1.165) is 36.2 Å². The van der Waals surface area contributed by atoms with Crippen molar-refractivity contribution in [2.45, 2.75) is 44.9 Å². The molecule has 0 unspecified atom stereocenters. The number of hydrogen-bond donors (Lipinski definition) is 0. The van der Waals surface area contributed by atoms with E-state index in [1.165, 1.54) is 6.33 Å². The molecule has 1 fully saturated rings. The molecule has 5 rings (SSSR count). The highest BCUT2D eigenvalue weighted by Crippen LogP contribution is 2.31. The summed E-state index contributed by atoms with van der Waals surface area (Å²) in [6.07, 6.45) is 6.64. The molecule has 0 aromatic carbocycles. The Kier molecular flexibility index (Phi) is 4.81. The van der Waals surface area contributed by atoms with Crippen molar-refractivity contribution in [2.24, 2.45) is 0 Å². The molecule has 2 aliphatic heterocycles. The molecule has 0 radical (unpaired) electrons. The van der Waals surface area contributed by atoms with Crippen LogP contribution < -0.4 is 0 Å². The van der Waals surface area contributed by atoms with E-state index in [-0.39, 0.29) is 11.9 Å². The minimum Gasteiger partial charge on any atom is -0.373 e. The van der Waals surface area contributed by atoms with Crippen LogP contribution in [0.25, 0.3) is 11.3 Å². The number of hydrogen-bond acceptors (Lipinski definition) is 7. The fourth-order valence-corrected chi connectivity index (χ4v) is 4.18. The Morgan fingerprint density at radius 1 is 1.21 bits per heavy atom. The van der Waals surface area contributed by atoms with Crippen LogP contribution >= 0.6 is 0 Å². The third-order valence-corrected chi connectivity index (χ3v) is 5.57. The van der Waals surface area contributed by atoms with Crippen molar-refractivity contribution in [3.05, 3.63) is 48.0 Å². The molecule has 0 aliphatic carbocycles. The highest BCUT2D eigenvalue weighted by molar-refractivity contribution is 5.99. The largest absolute Gasteiger partial charge is 0.373 e. The Morgan fingerprint density at radius 3 is 3.00 bits per heavy atom. The van der Waals surface area contributed by atoms with Gasteiger partial charge < -0.3 is 14.2 Å². The van der Waals surface area contributed by atoms with Gasteiger partial charge in [0.1, 0.15) is 0 Å². The summed E-state index contributed by atoms with van der Waals surface area (Å²) in [6.45, 7) is 2.34. The van der Waals surface area contributed by atoms with Gasteiger partial charge in [0.2, 0.25) is 5.89 Å². The number of rotatable bonds is 4. The lowest BCUT2D eigenvalue weighted by molar-refractivity contribution is 0.0594. The third-order valence-electron chi connectivity index (χ3n) is 5.57. The molecule has 0 N–H and O–H groups in total. The van der Waals surface area contributed by atoms with E-state index >= 15 is 0 Å². The summed E-state index contributed by atoms with van der Waals surface area (Å²) in [5.74, 6) is 0.481. The molecular weight excluding hydrogens is 372 g/mol. The molecule has 0 bridgehead atoms. The van der Waals surface area contributed by atoms with Crippen LogP contribution in [-0.2, 0) is 24.3 Å². The first-order valence-electron chi connectivity index (χ1n) is 9.96. The molecule has 2 aliphatic rings. The minimum atomic E-state index is -0.0724. The highest BCUT2D eigenvalue weighted by Gasteiger charge is 2.34. The average molecular weight is 394 g/mol. The lowest BCUT2D eigenvalue weighted by Gasteiger charge is -2.34. The van der Waals surface area contributed by atoms with Crippen molar-refractivity contribution < 1.29 is 14.1 Å². The van der Waals surface area contributed by atoms with Gasteiger partial charge in [0, 0.05) is 25.2 Å². The van der Waals surface area contributed by atoms with Gasteiger partial charge in [-0.1, -0.05) is 11.2 Å². The number of amides is 1. The van der Waals surface area contributed by atoms with E-state index in [2.05, 4.69) is 20.2 Å². The Hall–Kier alpha value is -3.07. The molecule has 29 heavy (non-hydrogen) atoms.